The number of fused-ring (bicyclic) bond motifs is 3. The van der Waals surface area contributed by atoms with E-state index in [1.54, 1.807) is 30.1 Å². The quantitative estimate of drug-likeness (QED) is 0.486. The number of ketones is 1. The zero-order valence-corrected chi connectivity index (χ0v) is 17.3. The molecule has 0 unspecified atom stereocenters. The largest absolute Gasteiger partial charge is 0.486 e. The van der Waals surface area contributed by atoms with Gasteiger partial charge in [0, 0.05) is 5.57 Å². The number of aromatic nitrogens is 4. The summed E-state index contributed by atoms with van der Waals surface area (Å²) in [5, 5.41) is 4.49. The first-order valence-electron chi connectivity index (χ1n) is 9.88. The van der Waals surface area contributed by atoms with Crippen molar-refractivity contribution in [1.29, 1.82) is 0 Å². The van der Waals surface area contributed by atoms with E-state index in [-0.39, 0.29) is 12.4 Å². The molecule has 0 spiro atoms. The summed E-state index contributed by atoms with van der Waals surface area (Å²) in [7, 11) is 0. The minimum atomic E-state index is -0.484. The van der Waals surface area contributed by atoms with Crippen LogP contribution < -0.4 is 9.47 Å². The van der Waals surface area contributed by atoms with Crippen molar-refractivity contribution in [2.45, 2.75) is 33.3 Å². The minimum absolute atomic E-state index is 0.103. The molecule has 5 rings (SSSR count). The zero-order valence-electron chi connectivity index (χ0n) is 17.3. The summed E-state index contributed by atoms with van der Waals surface area (Å²) in [6, 6.07) is 11.4. The van der Waals surface area contributed by atoms with Crippen molar-refractivity contribution < 1.29 is 18.7 Å². The topological polar surface area (TPSA) is 91.8 Å². The molecular formula is C23H20N4O4. The van der Waals surface area contributed by atoms with Crippen LogP contribution in [0.2, 0.25) is 0 Å². The fourth-order valence-corrected chi connectivity index (χ4v) is 3.82. The number of benzene rings is 1. The summed E-state index contributed by atoms with van der Waals surface area (Å²) in [4.78, 5) is 21.6. The van der Waals surface area contributed by atoms with Crippen LogP contribution in [-0.4, -0.2) is 25.4 Å². The highest BCUT2D eigenvalue weighted by Gasteiger charge is 2.37. The maximum Gasteiger partial charge on any atom is 0.228 e. The van der Waals surface area contributed by atoms with Crippen molar-refractivity contribution in [2.24, 2.45) is 0 Å². The summed E-state index contributed by atoms with van der Waals surface area (Å²) in [6.07, 6.45) is 3.12. The van der Waals surface area contributed by atoms with E-state index < -0.39 is 5.92 Å². The van der Waals surface area contributed by atoms with E-state index in [1.165, 1.54) is 6.92 Å². The molecule has 1 aliphatic rings. The molecule has 1 atom stereocenters. The van der Waals surface area contributed by atoms with Crippen LogP contribution >= 0.6 is 0 Å². The number of carbonyl (C=O) groups excluding carboxylic acids is 1. The predicted octanol–water partition coefficient (Wildman–Crippen LogP) is 3.99. The molecule has 1 aromatic carbocycles. The molecule has 4 aromatic rings. The average molecular weight is 416 g/mol. The molecule has 0 N–H and O–H groups in total. The van der Waals surface area contributed by atoms with Gasteiger partial charge in [0.15, 0.2) is 17.3 Å². The third kappa shape index (κ3) is 3.35. The first-order chi connectivity index (χ1) is 15.0. The van der Waals surface area contributed by atoms with E-state index in [1.807, 2.05) is 37.3 Å². The fraction of sp³-hybridized carbons (Fsp3) is 0.217. The number of furan rings is 1. The number of allylic oxidation sites excluding steroid dienone is 2. The van der Waals surface area contributed by atoms with Gasteiger partial charge in [-0.05, 0) is 45.0 Å². The van der Waals surface area contributed by atoms with E-state index in [0.29, 0.717) is 40.0 Å². The van der Waals surface area contributed by atoms with Crippen LogP contribution in [0.15, 0.2) is 64.7 Å². The summed E-state index contributed by atoms with van der Waals surface area (Å²) in [5.74, 6) is 2.14. The second-order valence-electron chi connectivity index (χ2n) is 7.44. The number of nitrogens with zero attached hydrogens (tertiary/aromatic N) is 4. The Balaban J connectivity index is 1.57. The molecule has 1 aliphatic heterocycles. The van der Waals surface area contributed by atoms with E-state index in [0.717, 1.165) is 11.3 Å². The normalized spacial score (nSPS) is 15.6. The Hall–Kier alpha value is -3.94. The highest BCUT2D eigenvalue weighted by molar-refractivity contribution is 5.97. The van der Waals surface area contributed by atoms with E-state index in [9.17, 15) is 4.79 Å². The third-order valence-electron chi connectivity index (χ3n) is 5.23. The Bertz CT molecular complexity index is 1300. The molecule has 0 aliphatic carbocycles. The van der Waals surface area contributed by atoms with E-state index in [2.05, 4.69) is 15.1 Å². The van der Waals surface area contributed by atoms with Gasteiger partial charge in [-0.15, -0.1) is 5.10 Å². The molecule has 8 nitrogen and oxygen atoms in total. The standard InChI is InChI=1S/C23H20N4O4/c1-13-6-8-16(9-7-13)30-11-18-25-22-21-20(17-5-4-10-29-17)19(14(2)28)15(3)31-23(21)24-12-27(22)26-18/h4-10,12,20H,11H2,1-3H3/t20-/m1/s1. The van der Waals surface area contributed by atoms with Crippen molar-refractivity contribution in [3.63, 3.8) is 0 Å². The Labute approximate surface area is 178 Å². The minimum Gasteiger partial charge on any atom is -0.486 e. The summed E-state index contributed by atoms with van der Waals surface area (Å²) in [6.45, 7) is 5.49. The predicted molar refractivity (Wildman–Crippen MR) is 111 cm³/mol. The van der Waals surface area contributed by atoms with Crippen LogP contribution in [0.5, 0.6) is 11.6 Å². The number of hydrogen-bond donors (Lipinski definition) is 0. The van der Waals surface area contributed by atoms with E-state index in [4.69, 9.17) is 13.9 Å². The molecule has 0 fully saturated rings. The Kier molecular flexibility index (Phi) is 4.54. The maximum absolute atomic E-state index is 12.5. The molecule has 8 heteroatoms. The van der Waals surface area contributed by atoms with Crippen LogP contribution in [0.1, 0.15) is 42.5 Å². The Morgan fingerprint density at radius 3 is 2.71 bits per heavy atom. The van der Waals surface area contributed by atoms with Crippen LogP contribution in [-0.2, 0) is 11.4 Å². The van der Waals surface area contributed by atoms with Gasteiger partial charge in [-0.2, -0.15) is 0 Å². The monoisotopic (exact) mass is 416 g/mol. The fourth-order valence-electron chi connectivity index (χ4n) is 3.82. The van der Waals surface area contributed by atoms with Gasteiger partial charge >= 0.3 is 0 Å². The van der Waals surface area contributed by atoms with Gasteiger partial charge in [0.25, 0.3) is 0 Å². The van der Waals surface area contributed by atoms with Crippen LogP contribution in [0, 0.1) is 6.92 Å². The number of carbonyl (C=O) groups is 1. The second kappa shape index (κ2) is 7.39. The lowest BCUT2D eigenvalue weighted by Gasteiger charge is -2.26. The van der Waals surface area contributed by atoms with Crippen molar-refractivity contribution in [2.75, 3.05) is 0 Å². The first-order valence-corrected chi connectivity index (χ1v) is 9.88. The summed E-state index contributed by atoms with van der Waals surface area (Å²) in [5.41, 5.74) is 2.85. The SMILES string of the molecule is CC(=O)C1=C(C)Oc2ncn3nc(COc4ccc(C)cc4)nc3c2[C@@H]1c1ccco1. The lowest BCUT2D eigenvalue weighted by molar-refractivity contribution is -0.114. The lowest BCUT2D eigenvalue weighted by Crippen LogP contribution is -2.21. The smallest absolute Gasteiger partial charge is 0.228 e. The summed E-state index contributed by atoms with van der Waals surface area (Å²) < 4.78 is 19.0. The molecule has 156 valence electrons. The van der Waals surface area contributed by atoms with Crippen LogP contribution in [0.25, 0.3) is 5.65 Å². The molecule has 0 saturated heterocycles. The third-order valence-corrected chi connectivity index (χ3v) is 5.23. The Morgan fingerprint density at radius 1 is 1.19 bits per heavy atom. The molecule has 0 amide bonds. The van der Waals surface area contributed by atoms with E-state index >= 15 is 0 Å². The second-order valence-corrected chi connectivity index (χ2v) is 7.44. The van der Waals surface area contributed by atoms with Crippen molar-refractivity contribution in [3.8, 4) is 11.6 Å². The van der Waals surface area contributed by atoms with Gasteiger partial charge in [-0.3, -0.25) is 4.79 Å². The number of Topliss-reactive ketones (excluding diaryl/α,β-unsaturated/α-hetero) is 1. The van der Waals surface area contributed by atoms with Gasteiger partial charge in [0.1, 0.15) is 30.2 Å². The Morgan fingerprint density at radius 2 is 2.00 bits per heavy atom. The number of hydrogen-bond acceptors (Lipinski definition) is 7. The molecule has 3 aromatic heterocycles. The zero-order chi connectivity index (χ0) is 21.5. The highest BCUT2D eigenvalue weighted by atomic mass is 16.5. The molecule has 0 saturated carbocycles. The van der Waals surface area contributed by atoms with Crippen LogP contribution in [0.3, 0.4) is 0 Å². The van der Waals surface area contributed by atoms with Gasteiger partial charge < -0.3 is 13.9 Å². The number of rotatable bonds is 5. The number of ether oxygens (including phenoxy) is 2. The molecule has 4 heterocycles. The van der Waals surface area contributed by atoms with Crippen LogP contribution in [0.4, 0.5) is 0 Å². The first kappa shape index (κ1) is 19.0. The lowest BCUT2D eigenvalue weighted by atomic mass is 9.85. The average Bonchev–Trinajstić information content (AvgIpc) is 3.41. The molecule has 31 heavy (non-hydrogen) atoms. The van der Waals surface area contributed by atoms with Gasteiger partial charge in [-0.1, -0.05) is 17.7 Å². The van der Waals surface area contributed by atoms with Gasteiger partial charge in [0.2, 0.25) is 5.88 Å². The van der Waals surface area contributed by atoms with Gasteiger partial charge in [0.05, 0.1) is 17.7 Å². The van der Waals surface area contributed by atoms with Crippen molar-refractivity contribution >= 4 is 11.4 Å². The summed E-state index contributed by atoms with van der Waals surface area (Å²) >= 11 is 0. The number of aryl methyl sites for hydroxylation is 1. The maximum atomic E-state index is 12.5. The highest BCUT2D eigenvalue weighted by Crippen LogP contribution is 2.44. The van der Waals surface area contributed by atoms with Crippen molar-refractivity contribution in [1.82, 2.24) is 19.6 Å². The molecular weight excluding hydrogens is 396 g/mol. The molecule has 0 bridgehead atoms. The van der Waals surface area contributed by atoms with Gasteiger partial charge in [-0.25, -0.2) is 14.5 Å². The molecule has 0 radical (unpaired) electrons. The van der Waals surface area contributed by atoms with Crippen molar-refractivity contribution in [3.05, 3.63) is 83.0 Å².